The summed E-state index contributed by atoms with van der Waals surface area (Å²) in [4.78, 5) is 25.0. The van der Waals surface area contributed by atoms with Crippen molar-refractivity contribution in [1.29, 1.82) is 0 Å². The van der Waals surface area contributed by atoms with E-state index in [-0.39, 0.29) is 23.2 Å². The molecule has 2 N–H and O–H groups in total. The number of aromatic nitrogens is 6. The smallest absolute Gasteiger partial charge is 0.277 e. The Labute approximate surface area is 176 Å². The van der Waals surface area contributed by atoms with Gasteiger partial charge in [-0.05, 0) is 26.8 Å². The zero-order valence-electron chi connectivity index (χ0n) is 16.5. The minimum atomic E-state index is -0.699. The Morgan fingerprint density at radius 3 is 1.97 bits per heavy atom. The first-order chi connectivity index (χ1) is 13.6. The summed E-state index contributed by atoms with van der Waals surface area (Å²) in [6.45, 7) is 5.23. The second-order valence-electron chi connectivity index (χ2n) is 6.54. The van der Waals surface area contributed by atoms with Gasteiger partial charge in [-0.2, -0.15) is 15.3 Å². The zero-order valence-corrected chi connectivity index (χ0v) is 18.0. The van der Waals surface area contributed by atoms with E-state index in [0.29, 0.717) is 10.0 Å². The number of halogens is 2. The number of aryl methyl sites for hydroxylation is 2. The quantitative estimate of drug-likeness (QED) is 0.635. The topological polar surface area (TPSA) is 112 Å². The van der Waals surface area contributed by atoms with Crippen molar-refractivity contribution >= 4 is 46.7 Å². The molecule has 0 saturated heterocycles. The molecular formula is C17H20Cl2N8O2. The van der Waals surface area contributed by atoms with Crippen molar-refractivity contribution in [2.75, 3.05) is 10.6 Å². The predicted molar refractivity (Wildman–Crippen MR) is 109 cm³/mol. The highest BCUT2D eigenvalue weighted by Crippen LogP contribution is 2.25. The van der Waals surface area contributed by atoms with Gasteiger partial charge in [0, 0.05) is 20.3 Å². The molecule has 0 spiro atoms. The van der Waals surface area contributed by atoms with Gasteiger partial charge in [-0.1, -0.05) is 23.2 Å². The number of hydrogen-bond donors (Lipinski definition) is 2. The first-order valence-electron chi connectivity index (χ1n) is 8.65. The van der Waals surface area contributed by atoms with Gasteiger partial charge in [0.05, 0.1) is 11.4 Å². The van der Waals surface area contributed by atoms with Crippen LogP contribution < -0.4 is 10.6 Å². The van der Waals surface area contributed by atoms with Crippen molar-refractivity contribution in [2.24, 2.45) is 14.1 Å². The minimum Gasteiger partial charge on any atom is -0.306 e. The van der Waals surface area contributed by atoms with Crippen LogP contribution in [0.25, 0.3) is 0 Å². The predicted octanol–water partition coefficient (Wildman–Crippen LogP) is 2.73. The van der Waals surface area contributed by atoms with E-state index < -0.39 is 11.9 Å². The standard InChI is InChI=1S/C17H20Cl2N8O2/c1-8-12(18)14(23-25(8)4)20-16(28)10(3)27-7-6-11(22-27)17(29)21-15-13(19)9(2)26(5)24-15/h6-7,10H,1-5H3,(H,20,23,28)(H,21,24,29)/t10-/m0/s1. The lowest BCUT2D eigenvalue weighted by atomic mass is 10.3. The molecule has 0 saturated carbocycles. The summed E-state index contributed by atoms with van der Waals surface area (Å²) in [6.07, 6.45) is 1.54. The van der Waals surface area contributed by atoms with Crippen molar-refractivity contribution in [2.45, 2.75) is 26.8 Å². The number of hydrogen-bond acceptors (Lipinski definition) is 5. The highest BCUT2D eigenvalue weighted by Gasteiger charge is 2.22. The Morgan fingerprint density at radius 2 is 1.48 bits per heavy atom. The van der Waals surface area contributed by atoms with Crippen LogP contribution in [0.3, 0.4) is 0 Å². The number of amides is 2. The molecule has 1 atom stereocenters. The average Bonchev–Trinajstić information content (AvgIpc) is 3.33. The second kappa shape index (κ2) is 7.88. The summed E-state index contributed by atoms with van der Waals surface area (Å²) in [5.74, 6) is -0.339. The molecule has 3 heterocycles. The van der Waals surface area contributed by atoms with Gasteiger partial charge < -0.3 is 10.6 Å². The van der Waals surface area contributed by atoms with Crippen molar-refractivity contribution in [3.63, 3.8) is 0 Å². The van der Waals surface area contributed by atoms with Gasteiger partial charge in [-0.15, -0.1) is 0 Å². The molecule has 3 aromatic rings. The van der Waals surface area contributed by atoms with Crippen molar-refractivity contribution in [1.82, 2.24) is 29.3 Å². The summed E-state index contributed by atoms with van der Waals surface area (Å²) < 4.78 is 4.51. The monoisotopic (exact) mass is 438 g/mol. The Bertz CT molecular complexity index is 1100. The molecule has 0 bridgehead atoms. The third-order valence-corrected chi connectivity index (χ3v) is 5.52. The number of anilines is 2. The molecule has 10 nitrogen and oxygen atoms in total. The van der Waals surface area contributed by atoms with Crippen LogP contribution in [0.2, 0.25) is 10.0 Å². The van der Waals surface area contributed by atoms with E-state index in [2.05, 4.69) is 25.9 Å². The summed E-state index contributed by atoms with van der Waals surface area (Å²) in [7, 11) is 3.45. The molecule has 3 aromatic heterocycles. The van der Waals surface area contributed by atoms with Gasteiger partial charge in [0.15, 0.2) is 17.3 Å². The van der Waals surface area contributed by atoms with Crippen LogP contribution in [-0.4, -0.2) is 41.2 Å². The van der Waals surface area contributed by atoms with E-state index in [4.69, 9.17) is 23.2 Å². The summed E-state index contributed by atoms with van der Waals surface area (Å²) in [6, 6.07) is 0.802. The molecule has 0 unspecified atom stereocenters. The van der Waals surface area contributed by atoms with Crippen LogP contribution in [0.4, 0.5) is 11.6 Å². The molecule has 29 heavy (non-hydrogen) atoms. The first-order valence-corrected chi connectivity index (χ1v) is 9.41. The van der Waals surface area contributed by atoms with Crippen LogP contribution >= 0.6 is 23.2 Å². The molecule has 0 aliphatic rings. The van der Waals surface area contributed by atoms with Gasteiger partial charge >= 0.3 is 0 Å². The number of nitrogens with one attached hydrogen (secondary N) is 2. The van der Waals surface area contributed by atoms with Crippen molar-refractivity contribution < 1.29 is 9.59 Å². The van der Waals surface area contributed by atoms with E-state index in [1.165, 1.54) is 16.9 Å². The summed E-state index contributed by atoms with van der Waals surface area (Å²) in [5, 5.41) is 18.5. The van der Waals surface area contributed by atoms with E-state index in [1.54, 1.807) is 44.2 Å². The maximum absolute atomic E-state index is 12.5. The Hall–Kier alpha value is -2.85. The Morgan fingerprint density at radius 1 is 0.966 bits per heavy atom. The lowest BCUT2D eigenvalue weighted by Gasteiger charge is -2.11. The summed E-state index contributed by atoms with van der Waals surface area (Å²) >= 11 is 12.3. The van der Waals surface area contributed by atoms with E-state index in [1.807, 2.05) is 0 Å². The molecule has 154 valence electrons. The highest BCUT2D eigenvalue weighted by atomic mass is 35.5. The summed E-state index contributed by atoms with van der Waals surface area (Å²) in [5.41, 5.74) is 1.58. The minimum absolute atomic E-state index is 0.121. The SMILES string of the molecule is Cc1c(Cl)c(NC(=O)c2ccn([C@@H](C)C(=O)Nc3nn(C)c(C)c3Cl)n2)nn1C. The molecule has 0 aliphatic heterocycles. The largest absolute Gasteiger partial charge is 0.306 e. The molecule has 0 fully saturated rings. The van der Waals surface area contributed by atoms with E-state index >= 15 is 0 Å². The van der Waals surface area contributed by atoms with Gasteiger partial charge in [0.1, 0.15) is 16.1 Å². The number of rotatable bonds is 5. The normalized spacial score (nSPS) is 12.1. The van der Waals surface area contributed by atoms with Gasteiger partial charge in [0.2, 0.25) is 5.91 Å². The molecule has 0 aromatic carbocycles. The molecular weight excluding hydrogens is 419 g/mol. The average molecular weight is 439 g/mol. The van der Waals surface area contributed by atoms with Gasteiger partial charge in [-0.3, -0.25) is 23.6 Å². The lowest BCUT2D eigenvalue weighted by molar-refractivity contribution is -0.119. The lowest BCUT2D eigenvalue weighted by Crippen LogP contribution is -2.25. The Balaban J connectivity index is 1.71. The fourth-order valence-electron chi connectivity index (χ4n) is 2.51. The van der Waals surface area contributed by atoms with Crippen LogP contribution in [0.1, 0.15) is 34.8 Å². The van der Waals surface area contributed by atoms with E-state index in [9.17, 15) is 9.59 Å². The molecule has 3 rings (SSSR count). The second-order valence-corrected chi connectivity index (χ2v) is 7.30. The number of carbonyl (C=O) groups is 2. The van der Waals surface area contributed by atoms with Crippen molar-refractivity contribution in [3.8, 4) is 0 Å². The fourth-order valence-corrected chi connectivity index (χ4v) is 2.93. The third kappa shape index (κ3) is 3.99. The molecule has 0 aliphatic carbocycles. The molecule has 0 radical (unpaired) electrons. The van der Waals surface area contributed by atoms with Crippen molar-refractivity contribution in [3.05, 3.63) is 39.4 Å². The maximum Gasteiger partial charge on any atom is 0.277 e. The number of carbonyl (C=O) groups excluding carboxylic acids is 2. The maximum atomic E-state index is 12.5. The first kappa shape index (κ1) is 20.9. The van der Waals surface area contributed by atoms with Crippen LogP contribution in [0.5, 0.6) is 0 Å². The zero-order chi connectivity index (χ0) is 21.5. The van der Waals surface area contributed by atoms with Crippen LogP contribution in [0.15, 0.2) is 12.3 Å². The third-order valence-electron chi connectivity index (χ3n) is 4.61. The van der Waals surface area contributed by atoms with Gasteiger partial charge in [-0.25, -0.2) is 0 Å². The van der Waals surface area contributed by atoms with Gasteiger partial charge in [0.25, 0.3) is 5.91 Å². The van der Waals surface area contributed by atoms with Crippen LogP contribution in [0, 0.1) is 13.8 Å². The number of nitrogens with zero attached hydrogens (tertiary/aromatic N) is 6. The molecule has 2 amide bonds. The fraction of sp³-hybridized carbons (Fsp3) is 0.353. The highest BCUT2D eigenvalue weighted by molar-refractivity contribution is 6.34. The molecule has 12 heteroatoms. The van der Waals surface area contributed by atoms with E-state index in [0.717, 1.165) is 11.4 Å². The van der Waals surface area contributed by atoms with Crippen LogP contribution in [-0.2, 0) is 18.9 Å². The Kier molecular flexibility index (Phi) is 5.67.